The number of hydrogen-bond acceptors (Lipinski definition) is 3. The topological polar surface area (TPSA) is 59.6 Å². The summed E-state index contributed by atoms with van der Waals surface area (Å²) in [6.07, 6.45) is 0. The minimum Gasteiger partial charge on any atom is -0.399 e. The molecule has 0 spiro atoms. The molecule has 0 radical (unpaired) electrons. The van der Waals surface area contributed by atoms with Crippen LogP contribution in [0.5, 0.6) is 0 Å². The van der Waals surface area contributed by atoms with Crippen LogP contribution in [0.3, 0.4) is 0 Å². The molecule has 136 valence electrons. The summed E-state index contributed by atoms with van der Waals surface area (Å²) < 4.78 is 12.1. The maximum atomic E-state index is 12.2. The first-order valence-corrected chi connectivity index (χ1v) is 8.77. The van der Waals surface area contributed by atoms with Gasteiger partial charge in [0, 0.05) is 11.4 Å². The zero-order valence-electron chi connectivity index (χ0n) is 15.9. The van der Waals surface area contributed by atoms with Crippen molar-refractivity contribution in [2.45, 2.75) is 45.8 Å². The van der Waals surface area contributed by atoms with E-state index in [0.29, 0.717) is 5.69 Å². The Morgan fingerprint density at radius 2 is 1.46 bits per heavy atom. The van der Waals surface area contributed by atoms with Gasteiger partial charge in [-0.05, 0) is 63.8 Å². The summed E-state index contributed by atoms with van der Waals surface area (Å²) in [6.45, 7) is 10.1. The molecule has 0 aromatic heterocycles. The fourth-order valence-corrected chi connectivity index (χ4v) is 2.70. The number of carbonyl (C=O) groups excluding carboxylic acids is 1. The van der Waals surface area contributed by atoms with E-state index in [1.54, 1.807) is 0 Å². The molecule has 0 atom stereocenters. The fraction of sp³-hybridized carbons (Fsp3) is 0.350. The van der Waals surface area contributed by atoms with Crippen LogP contribution in [0.4, 0.5) is 16.2 Å². The predicted molar refractivity (Wildman–Crippen MR) is 106 cm³/mol. The van der Waals surface area contributed by atoms with E-state index in [1.165, 1.54) is 0 Å². The van der Waals surface area contributed by atoms with Gasteiger partial charge in [-0.2, -0.15) is 0 Å². The van der Waals surface area contributed by atoms with E-state index in [1.807, 2.05) is 83.1 Å². The SMILES string of the molecule is Cc1ccccc1NC(=O)Nc1ccc(B2OC(C)(C)C(C)(C)O2)cc1. The van der Waals surface area contributed by atoms with Crippen LogP contribution in [0.15, 0.2) is 48.5 Å². The van der Waals surface area contributed by atoms with Gasteiger partial charge in [0.2, 0.25) is 0 Å². The van der Waals surface area contributed by atoms with E-state index in [9.17, 15) is 4.79 Å². The van der Waals surface area contributed by atoms with E-state index < -0.39 is 7.12 Å². The fourth-order valence-electron chi connectivity index (χ4n) is 2.70. The highest BCUT2D eigenvalue weighted by Crippen LogP contribution is 2.36. The first-order chi connectivity index (χ1) is 12.2. The van der Waals surface area contributed by atoms with Gasteiger partial charge < -0.3 is 19.9 Å². The number of hydrogen-bond donors (Lipinski definition) is 2. The van der Waals surface area contributed by atoms with Gasteiger partial charge in [0.15, 0.2) is 0 Å². The van der Waals surface area contributed by atoms with Gasteiger partial charge in [-0.3, -0.25) is 0 Å². The summed E-state index contributed by atoms with van der Waals surface area (Å²) in [4.78, 5) is 12.2. The molecule has 0 aliphatic carbocycles. The second kappa shape index (κ2) is 6.78. The van der Waals surface area contributed by atoms with Crippen LogP contribution in [0.25, 0.3) is 0 Å². The highest BCUT2D eigenvalue weighted by Gasteiger charge is 2.51. The number of nitrogens with one attached hydrogen (secondary N) is 2. The molecule has 1 saturated heterocycles. The maximum Gasteiger partial charge on any atom is 0.494 e. The molecule has 26 heavy (non-hydrogen) atoms. The van der Waals surface area contributed by atoms with E-state index in [-0.39, 0.29) is 17.2 Å². The molecule has 2 aromatic rings. The average Bonchev–Trinajstić information content (AvgIpc) is 2.78. The standard InChI is InChI=1S/C20H25BN2O3/c1-14-8-6-7-9-17(14)23-18(24)22-16-12-10-15(11-13-16)21-25-19(2,3)20(4,5)26-21/h6-13H,1-5H3,(H2,22,23,24). The van der Waals surface area contributed by atoms with Crippen LogP contribution < -0.4 is 16.1 Å². The lowest BCUT2D eigenvalue weighted by molar-refractivity contribution is 0.00578. The largest absolute Gasteiger partial charge is 0.494 e. The molecule has 0 unspecified atom stereocenters. The highest BCUT2D eigenvalue weighted by molar-refractivity contribution is 6.62. The second-order valence-corrected chi connectivity index (χ2v) is 7.60. The van der Waals surface area contributed by atoms with Crippen molar-refractivity contribution in [3.8, 4) is 0 Å². The van der Waals surface area contributed by atoms with E-state index in [0.717, 1.165) is 16.7 Å². The van der Waals surface area contributed by atoms with E-state index >= 15 is 0 Å². The van der Waals surface area contributed by atoms with Gasteiger partial charge in [-0.15, -0.1) is 0 Å². The number of urea groups is 1. The lowest BCUT2D eigenvalue weighted by Gasteiger charge is -2.32. The minimum absolute atomic E-state index is 0.275. The molecule has 6 heteroatoms. The van der Waals surface area contributed by atoms with Crippen molar-refractivity contribution in [1.82, 2.24) is 0 Å². The molecule has 2 aromatic carbocycles. The number of aryl methyl sites for hydroxylation is 1. The van der Waals surface area contributed by atoms with Crippen molar-refractivity contribution in [2.24, 2.45) is 0 Å². The van der Waals surface area contributed by atoms with Crippen molar-refractivity contribution >= 4 is 30.0 Å². The third kappa shape index (κ3) is 3.76. The van der Waals surface area contributed by atoms with Crippen molar-refractivity contribution in [1.29, 1.82) is 0 Å². The summed E-state index contributed by atoms with van der Waals surface area (Å²) in [6, 6.07) is 14.9. The molecule has 2 amide bonds. The van der Waals surface area contributed by atoms with Gasteiger partial charge in [0.1, 0.15) is 0 Å². The summed E-state index contributed by atoms with van der Waals surface area (Å²) in [5.74, 6) is 0. The zero-order chi connectivity index (χ0) is 18.9. The molecule has 1 heterocycles. The number of benzene rings is 2. The lowest BCUT2D eigenvalue weighted by Crippen LogP contribution is -2.41. The lowest BCUT2D eigenvalue weighted by atomic mass is 9.79. The summed E-state index contributed by atoms with van der Waals surface area (Å²) in [7, 11) is -0.408. The highest BCUT2D eigenvalue weighted by atomic mass is 16.7. The van der Waals surface area contributed by atoms with Gasteiger partial charge in [-0.1, -0.05) is 30.3 Å². The van der Waals surface area contributed by atoms with Gasteiger partial charge in [0.05, 0.1) is 11.2 Å². The molecule has 1 aliphatic heterocycles. The molecular formula is C20H25BN2O3. The Morgan fingerprint density at radius 1 is 0.885 bits per heavy atom. The van der Waals surface area contributed by atoms with Gasteiger partial charge in [-0.25, -0.2) is 4.79 Å². The van der Waals surface area contributed by atoms with Crippen molar-refractivity contribution in [3.05, 3.63) is 54.1 Å². The smallest absolute Gasteiger partial charge is 0.399 e. The van der Waals surface area contributed by atoms with Crippen LogP contribution in [-0.2, 0) is 9.31 Å². The molecule has 5 nitrogen and oxygen atoms in total. The Kier molecular flexibility index (Phi) is 4.82. The number of para-hydroxylation sites is 1. The van der Waals surface area contributed by atoms with Crippen molar-refractivity contribution in [2.75, 3.05) is 10.6 Å². The predicted octanol–water partition coefficient (Wildman–Crippen LogP) is 3.94. The maximum absolute atomic E-state index is 12.2. The third-order valence-corrected chi connectivity index (χ3v) is 5.09. The number of carbonyl (C=O) groups is 1. The van der Waals surface area contributed by atoms with Crippen molar-refractivity contribution in [3.63, 3.8) is 0 Å². The Bertz CT molecular complexity index is 787. The molecule has 1 aliphatic rings. The Labute approximate surface area is 155 Å². The molecule has 0 saturated carbocycles. The van der Waals surface area contributed by atoms with Gasteiger partial charge in [0.25, 0.3) is 0 Å². The summed E-state index contributed by atoms with van der Waals surface area (Å²) >= 11 is 0. The Balaban J connectivity index is 1.63. The third-order valence-electron chi connectivity index (χ3n) is 5.09. The number of anilines is 2. The minimum atomic E-state index is -0.408. The first kappa shape index (κ1) is 18.5. The second-order valence-electron chi connectivity index (χ2n) is 7.60. The normalized spacial score (nSPS) is 17.8. The Hall–Kier alpha value is -2.31. The Morgan fingerprint density at radius 3 is 2.04 bits per heavy atom. The molecule has 0 bridgehead atoms. The van der Waals surface area contributed by atoms with Crippen LogP contribution in [0.1, 0.15) is 33.3 Å². The number of amides is 2. The van der Waals surface area contributed by atoms with Gasteiger partial charge >= 0.3 is 13.1 Å². The molecule has 2 N–H and O–H groups in total. The van der Waals surface area contributed by atoms with E-state index in [4.69, 9.17) is 9.31 Å². The quantitative estimate of drug-likeness (QED) is 0.823. The number of rotatable bonds is 3. The zero-order valence-corrected chi connectivity index (χ0v) is 15.9. The summed E-state index contributed by atoms with van der Waals surface area (Å²) in [5.41, 5.74) is 2.69. The van der Waals surface area contributed by atoms with Crippen LogP contribution in [0.2, 0.25) is 0 Å². The van der Waals surface area contributed by atoms with Crippen molar-refractivity contribution < 1.29 is 14.1 Å². The molecule has 3 rings (SSSR count). The molecule has 1 fully saturated rings. The van der Waals surface area contributed by atoms with Crippen LogP contribution in [0, 0.1) is 6.92 Å². The van der Waals surface area contributed by atoms with Crippen LogP contribution >= 0.6 is 0 Å². The van der Waals surface area contributed by atoms with E-state index in [2.05, 4.69) is 10.6 Å². The molecular weight excluding hydrogens is 327 g/mol. The first-order valence-electron chi connectivity index (χ1n) is 8.77. The van der Waals surface area contributed by atoms with Crippen LogP contribution in [-0.4, -0.2) is 24.4 Å². The summed E-state index contributed by atoms with van der Waals surface area (Å²) in [5, 5.41) is 5.69. The monoisotopic (exact) mass is 352 g/mol. The average molecular weight is 352 g/mol.